The third-order valence-corrected chi connectivity index (χ3v) is 7.65. The highest BCUT2D eigenvalue weighted by atomic mass is 19.4. The number of alkyl halides is 6. The maximum atomic E-state index is 13.7. The number of hydrogen-bond donors (Lipinski definition) is 2. The molecule has 0 aromatic heterocycles. The fourth-order valence-corrected chi connectivity index (χ4v) is 5.42. The molecule has 0 radical (unpaired) electrons. The molecule has 0 saturated carbocycles. The van der Waals surface area contributed by atoms with Crippen LogP contribution in [0.2, 0.25) is 0 Å². The fraction of sp³-hybridized carbons (Fsp3) is 0.517. The number of imide groups is 1. The lowest BCUT2D eigenvalue weighted by atomic mass is 9.87. The molecule has 43 heavy (non-hydrogen) atoms. The standard InChI is InChI=1S/C29H32F6N2O6/c1-4-7-17-13-20(27(40,28(30,31)32)29(33,34)35)14-18(8-5-2)23(17)41-12-11-37-24(38)26(6-3,36-25(37)39)19-9-10-21-22(15-19)43-16-42-21/h9-10,13-15,40H,4-8,11-12,16H2,1-3H3,(H,36,39). The number of hydrogen-bond acceptors (Lipinski definition) is 6. The van der Waals surface area contributed by atoms with Gasteiger partial charge in [0.05, 0.1) is 6.54 Å². The van der Waals surface area contributed by atoms with E-state index in [2.05, 4.69) is 5.32 Å². The van der Waals surface area contributed by atoms with Gasteiger partial charge in [0, 0.05) is 5.56 Å². The lowest BCUT2D eigenvalue weighted by Gasteiger charge is -2.33. The lowest BCUT2D eigenvalue weighted by Crippen LogP contribution is -2.54. The summed E-state index contributed by atoms with van der Waals surface area (Å²) in [6.45, 7) is 4.59. The Hall–Kier alpha value is -3.68. The molecule has 2 heterocycles. The van der Waals surface area contributed by atoms with Crippen molar-refractivity contribution in [3.8, 4) is 17.2 Å². The number of rotatable bonds is 11. The van der Waals surface area contributed by atoms with Crippen LogP contribution in [0.1, 0.15) is 62.3 Å². The van der Waals surface area contributed by atoms with Crippen molar-refractivity contribution in [1.29, 1.82) is 0 Å². The van der Waals surface area contributed by atoms with Gasteiger partial charge >= 0.3 is 18.4 Å². The number of amides is 3. The molecular weight excluding hydrogens is 586 g/mol. The molecule has 2 N–H and O–H groups in total. The van der Waals surface area contributed by atoms with E-state index in [-0.39, 0.29) is 56.1 Å². The van der Waals surface area contributed by atoms with Crippen molar-refractivity contribution in [2.45, 2.75) is 76.4 Å². The summed E-state index contributed by atoms with van der Waals surface area (Å²) in [4.78, 5) is 27.5. The van der Waals surface area contributed by atoms with Crippen LogP contribution in [-0.2, 0) is 28.8 Å². The Balaban J connectivity index is 1.61. The minimum absolute atomic E-state index is 0.0222. The van der Waals surface area contributed by atoms with E-state index >= 15 is 0 Å². The Labute approximate surface area is 243 Å². The second-order valence-electron chi connectivity index (χ2n) is 10.4. The van der Waals surface area contributed by atoms with Gasteiger partial charge in [-0.1, -0.05) is 39.7 Å². The molecule has 1 unspecified atom stereocenters. The Morgan fingerprint density at radius 1 is 0.930 bits per heavy atom. The van der Waals surface area contributed by atoms with Crippen molar-refractivity contribution in [2.75, 3.05) is 19.9 Å². The molecule has 2 aliphatic heterocycles. The van der Waals surface area contributed by atoms with Crippen LogP contribution in [0, 0.1) is 0 Å². The minimum atomic E-state index is -6.03. The van der Waals surface area contributed by atoms with Gasteiger partial charge in [-0.15, -0.1) is 0 Å². The molecule has 3 amide bonds. The summed E-state index contributed by atoms with van der Waals surface area (Å²) in [5, 5.41) is 12.8. The van der Waals surface area contributed by atoms with E-state index in [0.29, 0.717) is 42.0 Å². The largest absolute Gasteiger partial charge is 0.491 e. The third kappa shape index (κ3) is 5.56. The molecule has 0 aliphatic carbocycles. The number of fused-ring (bicyclic) bond motifs is 1. The van der Waals surface area contributed by atoms with Gasteiger partial charge in [0.25, 0.3) is 11.5 Å². The highest BCUT2D eigenvalue weighted by Gasteiger charge is 2.71. The number of aryl methyl sites for hydroxylation is 2. The highest BCUT2D eigenvalue weighted by molar-refractivity contribution is 6.07. The number of carbonyl (C=O) groups excluding carboxylic acids is 2. The van der Waals surface area contributed by atoms with Gasteiger partial charge in [-0.3, -0.25) is 9.69 Å². The smallest absolute Gasteiger partial charge is 0.430 e. The molecule has 1 fully saturated rings. The van der Waals surface area contributed by atoms with Crippen molar-refractivity contribution in [3.05, 3.63) is 52.6 Å². The summed E-state index contributed by atoms with van der Waals surface area (Å²) in [6, 6.07) is 5.53. The maximum absolute atomic E-state index is 13.7. The number of aliphatic hydroxyl groups is 1. The van der Waals surface area contributed by atoms with E-state index in [1.807, 2.05) is 0 Å². The summed E-state index contributed by atoms with van der Waals surface area (Å²) in [5.74, 6) is 0.426. The summed E-state index contributed by atoms with van der Waals surface area (Å²) < 4.78 is 98.6. The third-order valence-electron chi connectivity index (χ3n) is 7.65. The van der Waals surface area contributed by atoms with Crippen LogP contribution >= 0.6 is 0 Å². The first-order valence-corrected chi connectivity index (χ1v) is 13.8. The van der Waals surface area contributed by atoms with Crippen LogP contribution in [-0.4, -0.2) is 54.2 Å². The first kappa shape index (κ1) is 32.2. The number of ether oxygens (including phenoxy) is 3. The first-order chi connectivity index (χ1) is 20.1. The molecule has 1 saturated heterocycles. The zero-order valence-electron chi connectivity index (χ0n) is 23.7. The molecule has 2 aromatic carbocycles. The summed E-state index contributed by atoms with van der Waals surface area (Å²) in [5.41, 5.74) is -7.26. The number of halogens is 6. The Morgan fingerprint density at radius 3 is 2.05 bits per heavy atom. The van der Waals surface area contributed by atoms with Crippen molar-refractivity contribution in [2.24, 2.45) is 0 Å². The van der Waals surface area contributed by atoms with E-state index < -0.39 is 41.0 Å². The molecule has 0 bridgehead atoms. The van der Waals surface area contributed by atoms with Crippen LogP contribution in [0.5, 0.6) is 17.2 Å². The van der Waals surface area contributed by atoms with Gasteiger partial charge in [-0.05, 0) is 60.2 Å². The second kappa shape index (κ2) is 11.8. The van der Waals surface area contributed by atoms with Crippen molar-refractivity contribution in [1.82, 2.24) is 10.2 Å². The Bertz CT molecular complexity index is 1340. The van der Waals surface area contributed by atoms with Gasteiger partial charge in [0.15, 0.2) is 11.5 Å². The second-order valence-corrected chi connectivity index (χ2v) is 10.4. The Morgan fingerprint density at radius 2 is 1.51 bits per heavy atom. The molecule has 0 spiro atoms. The highest BCUT2D eigenvalue weighted by Crippen LogP contribution is 2.51. The quantitative estimate of drug-likeness (QED) is 0.242. The average Bonchev–Trinajstić information content (AvgIpc) is 3.50. The number of urea groups is 1. The van der Waals surface area contributed by atoms with E-state index in [0.717, 1.165) is 4.90 Å². The monoisotopic (exact) mass is 618 g/mol. The zero-order chi connectivity index (χ0) is 31.8. The number of benzene rings is 2. The fourth-order valence-electron chi connectivity index (χ4n) is 5.42. The molecule has 1 atom stereocenters. The molecule has 8 nitrogen and oxygen atoms in total. The van der Waals surface area contributed by atoms with Gasteiger partial charge < -0.3 is 24.6 Å². The number of nitrogens with zero attached hydrogens (tertiary/aromatic N) is 1. The Kier molecular flexibility index (Phi) is 8.83. The molecule has 2 aromatic rings. The van der Waals surface area contributed by atoms with Crippen LogP contribution in [0.4, 0.5) is 31.1 Å². The molecular formula is C29H32F6N2O6. The van der Waals surface area contributed by atoms with Gasteiger partial charge in [0.2, 0.25) is 6.79 Å². The van der Waals surface area contributed by atoms with Gasteiger partial charge in [-0.25, -0.2) is 4.79 Å². The lowest BCUT2D eigenvalue weighted by molar-refractivity contribution is -0.376. The van der Waals surface area contributed by atoms with E-state index in [1.165, 1.54) is 0 Å². The average molecular weight is 619 g/mol. The van der Waals surface area contributed by atoms with Crippen LogP contribution < -0.4 is 19.5 Å². The van der Waals surface area contributed by atoms with Gasteiger partial charge in [0.1, 0.15) is 17.9 Å². The number of nitrogens with one attached hydrogen (secondary N) is 1. The van der Waals surface area contributed by atoms with Crippen LogP contribution in [0.3, 0.4) is 0 Å². The van der Waals surface area contributed by atoms with Crippen molar-refractivity contribution >= 4 is 11.9 Å². The molecule has 4 rings (SSSR count). The van der Waals surface area contributed by atoms with Crippen LogP contribution in [0.25, 0.3) is 0 Å². The van der Waals surface area contributed by atoms with Crippen molar-refractivity contribution < 1.29 is 55.2 Å². The normalized spacial score (nSPS) is 18.8. The van der Waals surface area contributed by atoms with E-state index in [4.69, 9.17) is 14.2 Å². The molecule has 236 valence electrons. The van der Waals surface area contributed by atoms with Crippen LogP contribution in [0.15, 0.2) is 30.3 Å². The maximum Gasteiger partial charge on any atom is 0.430 e. The van der Waals surface area contributed by atoms with E-state index in [1.54, 1.807) is 39.0 Å². The first-order valence-electron chi connectivity index (χ1n) is 13.8. The SMILES string of the molecule is CCCc1cc(C(O)(C(F)(F)F)C(F)(F)F)cc(CCC)c1OCCN1C(=O)NC(CC)(c2ccc3c(c2)OCO3)C1=O. The summed E-state index contributed by atoms with van der Waals surface area (Å²) >= 11 is 0. The number of carbonyl (C=O) groups is 2. The predicted molar refractivity (Wildman–Crippen MR) is 141 cm³/mol. The minimum Gasteiger partial charge on any atom is -0.491 e. The van der Waals surface area contributed by atoms with Gasteiger partial charge in [-0.2, -0.15) is 26.3 Å². The van der Waals surface area contributed by atoms with Crippen molar-refractivity contribution in [3.63, 3.8) is 0 Å². The zero-order valence-corrected chi connectivity index (χ0v) is 23.7. The summed E-state index contributed by atoms with van der Waals surface area (Å²) in [6.07, 6.45) is -11.1. The summed E-state index contributed by atoms with van der Waals surface area (Å²) in [7, 11) is 0. The van der Waals surface area contributed by atoms with E-state index in [9.17, 15) is 41.0 Å². The molecule has 2 aliphatic rings. The topological polar surface area (TPSA) is 97.3 Å². The predicted octanol–water partition coefficient (Wildman–Crippen LogP) is 5.87. The molecule has 14 heteroatoms.